The van der Waals surface area contributed by atoms with Crippen LogP contribution in [0.15, 0.2) is 23.7 Å². The number of carbonyl (C=O) groups is 2. The summed E-state index contributed by atoms with van der Waals surface area (Å²) in [6.45, 7) is 4.36. The Morgan fingerprint density at radius 2 is 2.22 bits per heavy atom. The van der Waals surface area contributed by atoms with Crippen LogP contribution in [0.4, 0.5) is 0 Å². The molecule has 6 nitrogen and oxygen atoms in total. The number of Topliss-reactive ketones (excluding diaryl/α,β-unsaturated/α-hetero) is 1. The maximum absolute atomic E-state index is 12.9. The molecule has 2 heterocycles. The average molecular weight is 389 g/mol. The second kappa shape index (κ2) is 5.26. The van der Waals surface area contributed by atoms with E-state index in [0.29, 0.717) is 31.4 Å². The molecule has 1 aromatic rings. The summed E-state index contributed by atoms with van der Waals surface area (Å²) < 4.78 is 6.10. The Balaban J connectivity index is 1.81. The number of hydrogen-bond acceptors (Lipinski definition) is 5. The first-order valence-electron chi connectivity index (χ1n) is 9.24. The van der Waals surface area contributed by atoms with Crippen LogP contribution in [0.2, 0.25) is 0 Å². The number of likely N-dealkylation sites (tertiary alicyclic amines) is 1. The first kappa shape index (κ1) is 17.1. The maximum atomic E-state index is 12.9. The summed E-state index contributed by atoms with van der Waals surface area (Å²) in [6.07, 6.45) is 1.50. The Kier molecular flexibility index (Phi) is 3.33. The van der Waals surface area contributed by atoms with Crippen LogP contribution in [0.1, 0.15) is 30.4 Å². The predicted molar refractivity (Wildman–Crippen MR) is 99.0 cm³/mol. The lowest BCUT2D eigenvalue weighted by Crippen LogP contribution is -2.81. The zero-order valence-electron chi connectivity index (χ0n) is 15.0. The summed E-state index contributed by atoms with van der Waals surface area (Å²) in [6, 6.07) is 3.56. The first-order chi connectivity index (χ1) is 12.8. The van der Waals surface area contributed by atoms with Crippen molar-refractivity contribution in [1.29, 1.82) is 0 Å². The van der Waals surface area contributed by atoms with E-state index < -0.39 is 23.0 Å². The highest BCUT2D eigenvalue weighted by Gasteiger charge is 2.73. The fourth-order valence-electron chi connectivity index (χ4n) is 6.11. The van der Waals surface area contributed by atoms with E-state index in [9.17, 15) is 14.7 Å². The third-order valence-corrected chi connectivity index (χ3v) is 7.33. The number of hydrogen-bond donors (Lipinski definition) is 2. The van der Waals surface area contributed by atoms with Crippen molar-refractivity contribution in [3.8, 4) is 11.5 Å². The third-order valence-electron chi connectivity index (χ3n) is 7.16. The van der Waals surface area contributed by atoms with Gasteiger partial charge in [0.1, 0.15) is 0 Å². The number of phenolic OH excluding ortho intramolecular Hbond substituents is 1. The van der Waals surface area contributed by atoms with Gasteiger partial charge in [-0.15, -0.1) is 0 Å². The third kappa shape index (κ3) is 1.85. The number of piperidine rings is 1. The van der Waals surface area contributed by atoms with Crippen LogP contribution in [0.3, 0.4) is 0 Å². The van der Waals surface area contributed by atoms with E-state index in [1.165, 1.54) is 0 Å². The van der Waals surface area contributed by atoms with Crippen molar-refractivity contribution < 1.29 is 19.4 Å². The number of likely N-dealkylation sites (N-methyl/N-ethyl adjacent to an activating group) is 1. The van der Waals surface area contributed by atoms with E-state index in [0.717, 1.165) is 17.7 Å². The molecule has 1 aromatic carbocycles. The van der Waals surface area contributed by atoms with Gasteiger partial charge in [-0.2, -0.15) is 0 Å². The smallest absolute Gasteiger partial charge is 0.262 e. The number of nitrogens with one attached hydrogen (secondary N) is 1. The molecule has 4 atom stereocenters. The molecule has 5 rings (SSSR count). The second-order valence-electron chi connectivity index (χ2n) is 8.16. The standard InChI is InChI=1S/C20H21ClN2O4/c1-10(21)18(26)22-20-6-5-13(25)17-19(20)7-8-23(2)14(20)9-11-3-4-12(24)16(27-17)15(11)19/h3-4,14,17,24H,1,5-9H2,2H3,(H,22,26)/t14?,17-,19?,20+/m0/s1. The van der Waals surface area contributed by atoms with Gasteiger partial charge in [0.25, 0.3) is 5.91 Å². The minimum atomic E-state index is -0.700. The van der Waals surface area contributed by atoms with Gasteiger partial charge in [0.05, 0.1) is 16.0 Å². The molecule has 2 unspecified atom stereocenters. The molecule has 0 aromatic heterocycles. The molecule has 0 radical (unpaired) electrons. The number of rotatable bonds is 2. The number of carbonyl (C=O) groups excluding carboxylic acids is 2. The largest absolute Gasteiger partial charge is 0.504 e. The number of amides is 1. The van der Waals surface area contributed by atoms with Gasteiger partial charge in [-0.05, 0) is 44.5 Å². The fraction of sp³-hybridized carbons (Fsp3) is 0.500. The molecule has 2 aliphatic carbocycles. The molecule has 4 aliphatic rings. The van der Waals surface area contributed by atoms with E-state index in [1.807, 2.05) is 6.07 Å². The second-order valence-corrected chi connectivity index (χ2v) is 8.62. The number of phenols is 1. The Morgan fingerprint density at radius 1 is 1.44 bits per heavy atom. The molecule has 1 spiro atoms. The lowest BCUT2D eigenvalue weighted by Gasteiger charge is -2.64. The lowest BCUT2D eigenvalue weighted by atomic mass is 9.47. The minimum Gasteiger partial charge on any atom is -0.504 e. The molecule has 2 N–H and O–H groups in total. The van der Waals surface area contributed by atoms with Crippen molar-refractivity contribution in [2.75, 3.05) is 13.6 Å². The quantitative estimate of drug-likeness (QED) is 0.753. The van der Waals surface area contributed by atoms with Gasteiger partial charge >= 0.3 is 0 Å². The highest BCUT2D eigenvalue weighted by Crippen LogP contribution is 2.64. The van der Waals surface area contributed by atoms with Crippen molar-refractivity contribution in [2.24, 2.45) is 0 Å². The minimum absolute atomic E-state index is 0.00779. The van der Waals surface area contributed by atoms with Gasteiger partial charge in [-0.1, -0.05) is 24.2 Å². The number of halogens is 1. The van der Waals surface area contributed by atoms with Crippen molar-refractivity contribution >= 4 is 23.3 Å². The topological polar surface area (TPSA) is 78.9 Å². The van der Waals surface area contributed by atoms with E-state index in [2.05, 4.69) is 23.8 Å². The SMILES string of the molecule is C=C(Cl)C(=O)N[C@@]12CCC(=O)[C@@H]3Oc4c(O)ccc5c4C31CCN(C)C2C5. The van der Waals surface area contributed by atoms with Crippen molar-refractivity contribution in [1.82, 2.24) is 10.2 Å². The number of ketones is 1. The molecule has 2 aliphatic heterocycles. The number of ether oxygens (including phenoxy) is 1. The summed E-state index contributed by atoms with van der Waals surface area (Å²) >= 11 is 5.91. The maximum Gasteiger partial charge on any atom is 0.262 e. The molecule has 7 heteroatoms. The van der Waals surface area contributed by atoms with Crippen molar-refractivity contribution in [2.45, 2.75) is 48.8 Å². The average Bonchev–Trinajstić information content (AvgIpc) is 2.99. The fourth-order valence-corrected chi connectivity index (χ4v) is 6.15. The van der Waals surface area contributed by atoms with Crippen molar-refractivity contribution in [3.63, 3.8) is 0 Å². The summed E-state index contributed by atoms with van der Waals surface area (Å²) in [5, 5.41) is 13.5. The van der Waals surface area contributed by atoms with Crippen LogP contribution < -0.4 is 10.1 Å². The van der Waals surface area contributed by atoms with Gasteiger partial charge in [0.2, 0.25) is 0 Å². The normalized spacial score (nSPS) is 36.0. The highest BCUT2D eigenvalue weighted by atomic mass is 35.5. The van der Waals surface area contributed by atoms with Gasteiger partial charge in [-0.3, -0.25) is 9.59 Å². The van der Waals surface area contributed by atoms with E-state index in [4.69, 9.17) is 16.3 Å². The summed E-state index contributed by atoms with van der Waals surface area (Å²) in [4.78, 5) is 27.8. The molecule has 2 bridgehead atoms. The van der Waals surface area contributed by atoms with E-state index in [-0.39, 0.29) is 22.6 Å². The monoisotopic (exact) mass is 388 g/mol. The molecular formula is C20H21ClN2O4. The lowest BCUT2D eigenvalue weighted by molar-refractivity contribution is -0.147. The summed E-state index contributed by atoms with van der Waals surface area (Å²) in [5.41, 5.74) is 0.583. The first-order valence-corrected chi connectivity index (χ1v) is 9.61. The van der Waals surface area contributed by atoms with Crippen LogP contribution in [0.5, 0.6) is 11.5 Å². The van der Waals surface area contributed by atoms with Crippen LogP contribution >= 0.6 is 11.6 Å². The van der Waals surface area contributed by atoms with Crippen LogP contribution in [-0.2, 0) is 21.4 Å². The molecule has 1 amide bonds. The van der Waals surface area contributed by atoms with Crippen LogP contribution in [0.25, 0.3) is 0 Å². The summed E-state index contributed by atoms with van der Waals surface area (Å²) in [5.74, 6) is 0.0570. The Hall–Kier alpha value is -2.05. The predicted octanol–water partition coefficient (Wildman–Crippen LogP) is 1.62. The number of benzene rings is 1. The number of aromatic hydroxyl groups is 1. The van der Waals surface area contributed by atoms with Gasteiger partial charge in [0.15, 0.2) is 23.4 Å². The summed E-state index contributed by atoms with van der Waals surface area (Å²) in [7, 11) is 2.05. The molecular weight excluding hydrogens is 368 g/mol. The van der Waals surface area contributed by atoms with Gasteiger partial charge < -0.3 is 20.1 Å². The van der Waals surface area contributed by atoms with Gasteiger partial charge in [-0.25, -0.2) is 0 Å². The van der Waals surface area contributed by atoms with Crippen molar-refractivity contribution in [3.05, 3.63) is 34.9 Å². The van der Waals surface area contributed by atoms with E-state index >= 15 is 0 Å². The molecule has 1 saturated carbocycles. The highest BCUT2D eigenvalue weighted by molar-refractivity contribution is 6.41. The zero-order chi connectivity index (χ0) is 19.1. The van der Waals surface area contributed by atoms with Crippen LogP contribution in [-0.4, -0.2) is 53.0 Å². The molecule has 27 heavy (non-hydrogen) atoms. The molecule has 2 fully saturated rings. The van der Waals surface area contributed by atoms with E-state index in [1.54, 1.807) is 6.07 Å². The Bertz CT molecular complexity index is 915. The number of nitrogens with zero attached hydrogens (tertiary/aromatic N) is 1. The Labute approximate surface area is 162 Å². The molecule has 1 saturated heterocycles. The van der Waals surface area contributed by atoms with Gasteiger partial charge in [0, 0.05) is 18.0 Å². The Morgan fingerprint density at radius 3 is 2.96 bits per heavy atom. The zero-order valence-corrected chi connectivity index (χ0v) is 15.8. The van der Waals surface area contributed by atoms with Crippen LogP contribution in [0, 0.1) is 0 Å². The molecule has 142 valence electrons.